The van der Waals surface area contributed by atoms with E-state index >= 15 is 0 Å². The molecule has 2 aromatic carbocycles. The van der Waals surface area contributed by atoms with E-state index in [1.54, 1.807) is 6.07 Å². The van der Waals surface area contributed by atoms with Gasteiger partial charge in [-0.05, 0) is 59.7 Å². The minimum absolute atomic E-state index is 0.258. The Kier molecular flexibility index (Phi) is 3.58. The van der Waals surface area contributed by atoms with Crippen molar-refractivity contribution in [3.05, 3.63) is 76.1 Å². The van der Waals surface area contributed by atoms with Crippen molar-refractivity contribution in [2.24, 2.45) is 0 Å². The summed E-state index contributed by atoms with van der Waals surface area (Å²) in [5.74, 6) is -1.94. The number of benzene rings is 2. The van der Waals surface area contributed by atoms with Crippen molar-refractivity contribution >= 4 is 5.57 Å². The van der Waals surface area contributed by atoms with E-state index in [0.29, 0.717) is 18.4 Å². The van der Waals surface area contributed by atoms with Crippen LogP contribution in [-0.4, -0.2) is 0 Å². The average Bonchev–Trinajstić information content (AvgIpc) is 2.48. The zero-order valence-electron chi connectivity index (χ0n) is 11.7. The van der Waals surface area contributed by atoms with Gasteiger partial charge in [-0.3, -0.25) is 0 Å². The first-order valence-electron chi connectivity index (χ1n) is 7.03. The summed E-state index contributed by atoms with van der Waals surface area (Å²) in [5.41, 5.74) is 3.81. The molecule has 1 aliphatic carbocycles. The molecule has 0 saturated heterocycles. The molecule has 0 atom stereocenters. The molecule has 0 spiro atoms. The van der Waals surface area contributed by atoms with Crippen LogP contribution in [0.25, 0.3) is 5.57 Å². The van der Waals surface area contributed by atoms with E-state index in [-0.39, 0.29) is 5.82 Å². The number of hydrogen-bond acceptors (Lipinski definition) is 0. The molecule has 0 saturated carbocycles. The highest BCUT2D eigenvalue weighted by molar-refractivity contribution is 5.71. The Hall–Kier alpha value is -2.03. The lowest BCUT2D eigenvalue weighted by atomic mass is 9.87. The van der Waals surface area contributed by atoms with E-state index in [2.05, 4.69) is 0 Å². The largest absolute Gasteiger partial charge is 0.206 e. The Bertz CT molecular complexity index is 729. The van der Waals surface area contributed by atoms with Crippen molar-refractivity contribution in [2.75, 3.05) is 0 Å². The van der Waals surface area contributed by atoms with Gasteiger partial charge in [0.2, 0.25) is 0 Å². The predicted octanol–water partition coefficient (Wildman–Crippen LogP) is 4.85. The normalized spacial score (nSPS) is 13.8. The molecule has 0 nitrogen and oxygen atoms in total. The molecule has 0 radical (unpaired) electrons. The van der Waals surface area contributed by atoms with Crippen molar-refractivity contribution in [3.63, 3.8) is 0 Å². The SMILES string of the molecule is CCc1ccc(C2=CCc3cc(F)c(F)cc3C2)c(F)c1. The Morgan fingerprint density at radius 1 is 0.905 bits per heavy atom. The van der Waals surface area contributed by atoms with Gasteiger partial charge < -0.3 is 0 Å². The quantitative estimate of drug-likeness (QED) is 0.741. The fourth-order valence-electron chi connectivity index (χ4n) is 2.74. The zero-order chi connectivity index (χ0) is 15.0. The fraction of sp³-hybridized carbons (Fsp3) is 0.222. The lowest BCUT2D eigenvalue weighted by molar-refractivity contribution is 0.506. The van der Waals surface area contributed by atoms with Crippen LogP contribution in [0.1, 0.15) is 29.2 Å². The van der Waals surface area contributed by atoms with Crippen LogP contribution in [0.3, 0.4) is 0 Å². The number of fused-ring (bicyclic) bond motifs is 1. The van der Waals surface area contributed by atoms with Crippen molar-refractivity contribution in [1.82, 2.24) is 0 Å². The molecule has 0 fully saturated rings. The van der Waals surface area contributed by atoms with Crippen molar-refractivity contribution < 1.29 is 13.2 Å². The molecule has 2 aromatic rings. The van der Waals surface area contributed by atoms with Crippen LogP contribution in [0.4, 0.5) is 13.2 Å². The van der Waals surface area contributed by atoms with Gasteiger partial charge >= 0.3 is 0 Å². The average molecular weight is 288 g/mol. The summed E-state index contributed by atoms with van der Waals surface area (Å²) in [4.78, 5) is 0. The van der Waals surface area contributed by atoms with Gasteiger partial charge in [-0.2, -0.15) is 0 Å². The van der Waals surface area contributed by atoms with Crippen molar-refractivity contribution in [1.29, 1.82) is 0 Å². The standard InChI is InChI=1S/C18H15F3/c1-2-11-3-6-15(16(19)7-11)13-5-4-12-9-17(20)18(21)10-14(12)8-13/h3,5-7,9-10H,2,4,8H2,1H3. The molecule has 21 heavy (non-hydrogen) atoms. The molecule has 0 amide bonds. The number of aryl methyl sites for hydroxylation is 1. The molecule has 0 heterocycles. The summed E-state index contributed by atoms with van der Waals surface area (Å²) in [6.07, 6.45) is 3.60. The van der Waals surface area contributed by atoms with E-state index in [9.17, 15) is 13.2 Å². The summed E-state index contributed by atoms with van der Waals surface area (Å²) in [5, 5.41) is 0. The van der Waals surface area contributed by atoms with E-state index in [1.165, 1.54) is 18.2 Å². The minimum atomic E-state index is -0.850. The summed E-state index contributed by atoms with van der Waals surface area (Å²) in [6.45, 7) is 1.97. The van der Waals surface area contributed by atoms with Gasteiger partial charge in [0.05, 0.1) is 0 Å². The molecule has 1 aliphatic rings. The molecule has 0 unspecified atom stereocenters. The topological polar surface area (TPSA) is 0 Å². The second-order valence-electron chi connectivity index (χ2n) is 5.31. The van der Waals surface area contributed by atoms with E-state index in [1.807, 2.05) is 19.1 Å². The Morgan fingerprint density at radius 2 is 1.62 bits per heavy atom. The van der Waals surface area contributed by atoms with Gasteiger partial charge in [0.15, 0.2) is 11.6 Å². The summed E-state index contributed by atoms with van der Waals surface area (Å²) >= 11 is 0. The fourth-order valence-corrected chi connectivity index (χ4v) is 2.74. The second kappa shape index (κ2) is 5.40. The molecule has 108 valence electrons. The van der Waals surface area contributed by atoms with Crippen LogP contribution in [-0.2, 0) is 19.3 Å². The van der Waals surface area contributed by atoms with Gasteiger partial charge in [0, 0.05) is 5.56 Å². The first-order chi connectivity index (χ1) is 10.1. The van der Waals surface area contributed by atoms with Gasteiger partial charge in [-0.25, -0.2) is 13.2 Å². The van der Waals surface area contributed by atoms with Crippen molar-refractivity contribution in [3.8, 4) is 0 Å². The number of hydrogen-bond donors (Lipinski definition) is 0. The maximum Gasteiger partial charge on any atom is 0.159 e. The number of allylic oxidation sites excluding steroid dienone is 2. The maximum absolute atomic E-state index is 14.2. The van der Waals surface area contributed by atoms with Gasteiger partial charge in [0.1, 0.15) is 5.82 Å². The molecular formula is C18H15F3. The highest BCUT2D eigenvalue weighted by atomic mass is 19.2. The molecule has 0 N–H and O–H groups in total. The smallest absolute Gasteiger partial charge is 0.159 e. The summed E-state index contributed by atoms with van der Waals surface area (Å²) < 4.78 is 40.7. The Labute approximate surface area is 121 Å². The van der Waals surface area contributed by atoms with Crippen molar-refractivity contribution in [2.45, 2.75) is 26.2 Å². The molecule has 0 aliphatic heterocycles. The third-order valence-electron chi connectivity index (χ3n) is 3.98. The Balaban J connectivity index is 1.96. The van der Waals surface area contributed by atoms with E-state index in [4.69, 9.17) is 0 Å². The van der Waals surface area contributed by atoms with Crippen LogP contribution in [0.15, 0.2) is 36.4 Å². The molecule has 0 aromatic heterocycles. The third kappa shape index (κ3) is 2.60. The third-order valence-corrected chi connectivity index (χ3v) is 3.98. The summed E-state index contributed by atoms with van der Waals surface area (Å²) in [6, 6.07) is 7.66. The van der Waals surface area contributed by atoms with E-state index in [0.717, 1.165) is 28.7 Å². The van der Waals surface area contributed by atoms with Gasteiger partial charge in [-0.15, -0.1) is 0 Å². The van der Waals surface area contributed by atoms with E-state index < -0.39 is 11.6 Å². The highest BCUT2D eigenvalue weighted by Gasteiger charge is 2.17. The highest BCUT2D eigenvalue weighted by Crippen LogP contribution is 2.30. The summed E-state index contributed by atoms with van der Waals surface area (Å²) in [7, 11) is 0. The first-order valence-corrected chi connectivity index (χ1v) is 7.03. The maximum atomic E-state index is 14.2. The molecule has 3 heteroatoms. The number of rotatable bonds is 2. The van der Waals surface area contributed by atoms with Crippen LogP contribution < -0.4 is 0 Å². The zero-order valence-corrected chi connectivity index (χ0v) is 11.7. The molecule has 3 rings (SSSR count). The second-order valence-corrected chi connectivity index (χ2v) is 5.31. The van der Waals surface area contributed by atoms with Crippen LogP contribution in [0.5, 0.6) is 0 Å². The molecule has 0 bridgehead atoms. The number of halogens is 3. The lowest BCUT2D eigenvalue weighted by Crippen LogP contribution is -2.06. The molecular weight excluding hydrogens is 273 g/mol. The monoisotopic (exact) mass is 288 g/mol. The first kappa shape index (κ1) is 13.9. The van der Waals surface area contributed by atoms with Crippen LogP contribution >= 0.6 is 0 Å². The van der Waals surface area contributed by atoms with Crippen LogP contribution in [0, 0.1) is 17.5 Å². The van der Waals surface area contributed by atoms with Gasteiger partial charge in [0.25, 0.3) is 0 Å². The Morgan fingerprint density at radius 3 is 2.29 bits per heavy atom. The van der Waals surface area contributed by atoms with Gasteiger partial charge in [-0.1, -0.05) is 25.1 Å². The van der Waals surface area contributed by atoms with Crippen LogP contribution in [0.2, 0.25) is 0 Å². The minimum Gasteiger partial charge on any atom is -0.206 e. The lowest BCUT2D eigenvalue weighted by Gasteiger charge is -2.18. The predicted molar refractivity (Wildman–Crippen MR) is 77.5 cm³/mol.